The van der Waals surface area contributed by atoms with Crippen LogP contribution in [0.25, 0.3) is 11.6 Å². The predicted molar refractivity (Wildman–Crippen MR) is 123 cm³/mol. The summed E-state index contributed by atoms with van der Waals surface area (Å²) in [6.45, 7) is 2.33. The summed E-state index contributed by atoms with van der Waals surface area (Å²) in [4.78, 5) is 36.8. The van der Waals surface area contributed by atoms with Gasteiger partial charge >= 0.3 is 11.9 Å². The van der Waals surface area contributed by atoms with Crippen molar-refractivity contribution in [1.82, 2.24) is 20.4 Å². The summed E-state index contributed by atoms with van der Waals surface area (Å²) in [7, 11) is 3.21. The summed E-state index contributed by atoms with van der Waals surface area (Å²) >= 11 is 0. The Bertz CT molecular complexity index is 1160. The van der Waals surface area contributed by atoms with Crippen LogP contribution in [0.4, 0.5) is 0 Å². The van der Waals surface area contributed by atoms with E-state index in [1.165, 1.54) is 0 Å². The van der Waals surface area contributed by atoms with Gasteiger partial charge in [0, 0.05) is 19.6 Å². The maximum absolute atomic E-state index is 12.2. The van der Waals surface area contributed by atoms with Crippen molar-refractivity contribution in [3.8, 4) is 23.1 Å². The van der Waals surface area contributed by atoms with Crippen LogP contribution in [-0.2, 0) is 20.8 Å². The summed E-state index contributed by atoms with van der Waals surface area (Å²) in [6.07, 6.45) is 2.28. The Morgan fingerprint density at radius 3 is 2.44 bits per heavy atom. The van der Waals surface area contributed by atoms with E-state index in [1.807, 2.05) is 23.1 Å². The summed E-state index contributed by atoms with van der Waals surface area (Å²) < 4.78 is 21.1. The number of aliphatic carboxylic acids is 2. The third kappa shape index (κ3) is 7.06. The zero-order valence-corrected chi connectivity index (χ0v) is 19.7. The smallest absolute Gasteiger partial charge is 0.414 e. The van der Waals surface area contributed by atoms with E-state index in [2.05, 4.69) is 15.5 Å². The van der Waals surface area contributed by atoms with Crippen molar-refractivity contribution in [2.24, 2.45) is 0 Å². The molecule has 0 bridgehead atoms. The lowest BCUT2D eigenvalue weighted by atomic mass is 10.0. The number of benzene rings is 1. The van der Waals surface area contributed by atoms with Crippen molar-refractivity contribution in [2.45, 2.75) is 12.3 Å². The molecule has 1 fully saturated rings. The van der Waals surface area contributed by atoms with Gasteiger partial charge in [-0.2, -0.15) is 4.98 Å². The Kier molecular flexibility index (Phi) is 9.00. The molecule has 0 atom stereocenters. The van der Waals surface area contributed by atoms with Gasteiger partial charge in [-0.25, -0.2) is 9.59 Å². The highest BCUT2D eigenvalue weighted by Crippen LogP contribution is 2.28. The first-order valence-electron chi connectivity index (χ1n) is 10.8. The molecule has 3 heterocycles. The fraction of sp³-hybridized carbons (Fsp3) is 0.348. The van der Waals surface area contributed by atoms with Crippen LogP contribution in [0.1, 0.15) is 17.4 Å². The van der Waals surface area contributed by atoms with Crippen molar-refractivity contribution in [3.05, 3.63) is 48.0 Å². The van der Waals surface area contributed by atoms with Gasteiger partial charge in [-0.15, -0.1) is 0 Å². The van der Waals surface area contributed by atoms with Crippen molar-refractivity contribution >= 4 is 17.8 Å². The third-order valence-corrected chi connectivity index (χ3v) is 5.22. The van der Waals surface area contributed by atoms with E-state index in [0.717, 1.165) is 5.56 Å². The first kappa shape index (κ1) is 26.2. The van der Waals surface area contributed by atoms with E-state index in [0.29, 0.717) is 61.6 Å². The summed E-state index contributed by atoms with van der Waals surface area (Å²) in [6, 6.07) is 9.32. The minimum Gasteiger partial charge on any atom is -0.493 e. The molecule has 13 heteroatoms. The van der Waals surface area contributed by atoms with E-state index in [-0.39, 0.29) is 11.8 Å². The van der Waals surface area contributed by atoms with Crippen molar-refractivity contribution in [3.63, 3.8) is 0 Å². The number of nitrogens with zero attached hydrogens (tertiary/aromatic N) is 3. The molecule has 3 N–H and O–H groups in total. The van der Waals surface area contributed by atoms with Gasteiger partial charge in [0.05, 0.1) is 32.9 Å². The van der Waals surface area contributed by atoms with Crippen LogP contribution >= 0.6 is 0 Å². The van der Waals surface area contributed by atoms with Crippen LogP contribution in [0.5, 0.6) is 11.5 Å². The van der Waals surface area contributed by atoms with Gasteiger partial charge in [0.25, 0.3) is 0 Å². The third-order valence-electron chi connectivity index (χ3n) is 5.22. The average Bonchev–Trinajstić information content (AvgIpc) is 3.53. The minimum atomic E-state index is -1.82. The number of carboxylic acids is 2. The SMILES string of the molecule is COc1ccc(CCNC(=O)CN2CC(c3nc(-c4ccco4)no3)C2)cc1OC.O=C(O)C(=O)O. The molecule has 2 aromatic heterocycles. The van der Waals surface area contributed by atoms with Crippen LogP contribution in [0.15, 0.2) is 45.5 Å². The van der Waals surface area contributed by atoms with E-state index in [9.17, 15) is 4.79 Å². The first-order chi connectivity index (χ1) is 17.3. The fourth-order valence-electron chi connectivity index (χ4n) is 3.40. The zero-order chi connectivity index (χ0) is 26.1. The van der Waals surface area contributed by atoms with Crippen LogP contribution in [0.3, 0.4) is 0 Å². The maximum atomic E-state index is 12.2. The number of amides is 1. The number of hydrogen-bond donors (Lipinski definition) is 3. The quantitative estimate of drug-likeness (QED) is 0.357. The first-order valence-corrected chi connectivity index (χ1v) is 10.8. The topological polar surface area (TPSA) is 177 Å². The number of carbonyl (C=O) groups excluding carboxylic acids is 1. The lowest BCUT2D eigenvalue weighted by Crippen LogP contribution is -2.49. The van der Waals surface area contributed by atoms with Crippen molar-refractivity contribution in [2.75, 3.05) is 40.4 Å². The van der Waals surface area contributed by atoms with E-state index < -0.39 is 11.9 Å². The standard InChI is InChI=1S/C21H24N4O5.C2H2O4/c1-27-16-6-5-14(10-18(16)28-2)7-8-22-19(26)13-25-11-15(12-25)21-23-20(24-30-21)17-4-3-9-29-17;3-1(4)2(5)6/h3-6,9-10,15H,7-8,11-13H2,1-2H3,(H,22,26);(H,3,4)(H,5,6). The molecule has 1 aliphatic rings. The predicted octanol–water partition coefficient (Wildman–Crippen LogP) is 1.26. The van der Waals surface area contributed by atoms with Crippen molar-refractivity contribution < 1.29 is 43.0 Å². The van der Waals surface area contributed by atoms with Gasteiger partial charge in [-0.1, -0.05) is 11.2 Å². The molecule has 1 aliphatic heterocycles. The zero-order valence-electron chi connectivity index (χ0n) is 19.7. The number of hydrogen-bond acceptors (Lipinski definition) is 10. The van der Waals surface area contributed by atoms with Crippen LogP contribution in [0, 0.1) is 0 Å². The molecular weight excluding hydrogens is 476 g/mol. The molecule has 3 aromatic rings. The number of carbonyl (C=O) groups is 3. The molecule has 1 amide bonds. The van der Waals surface area contributed by atoms with Gasteiger partial charge in [0.2, 0.25) is 17.6 Å². The van der Waals surface area contributed by atoms with Crippen LogP contribution in [0.2, 0.25) is 0 Å². The normalized spacial score (nSPS) is 13.2. The Morgan fingerprint density at radius 2 is 1.83 bits per heavy atom. The maximum Gasteiger partial charge on any atom is 0.414 e. The number of furan rings is 1. The summed E-state index contributed by atoms with van der Waals surface area (Å²) in [5.74, 6) is -0.538. The number of likely N-dealkylation sites (tertiary alicyclic amines) is 1. The second-order valence-electron chi connectivity index (χ2n) is 7.72. The molecule has 4 rings (SSSR count). The van der Waals surface area contributed by atoms with Gasteiger partial charge in [-0.05, 0) is 36.2 Å². The second-order valence-corrected chi connectivity index (χ2v) is 7.72. The molecule has 0 radical (unpaired) electrons. The summed E-state index contributed by atoms with van der Waals surface area (Å²) in [5, 5.41) is 21.7. The molecule has 1 aromatic carbocycles. The molecule has 192 valence electrons. The number of rotatable bonds is 9. The van der Waals surface area contributed by atoms with Gasteiger partial charge < -0.3 is 33.9 Å². The monoisotopic (exact) mass is 502 g/mol. The van der Waals surface area contributed by atoms with Crippen molar-refractivity contribution in [1.29, 1.82) is 0 Å². The number of carboxylic acid groups (broad SMARTS) is 2. The average molecular weight is 502 g/mol. The van der Waals surface area contributed by atoms with E-state index >= 15 is 0 Å². The Hall–Kier alpha value is -4.39. The van der Waals surface area contributed by atoms with Crippen LogP contribution < -0.4 is 14.8 Å². The Balaban J connectivity index is 0.000000538. The summed E-state index contributed by atoms with van der Waals surface area (Å²) in [5.41, 5.74) is 1.07. The Labute approximate surface area is 205 Å². The van der Waals surface area contributed by atoms with Crippen LogP contribution in [-0.4, -0.2) is 83.5 Å². The number of nitrogens with one attached hydrogen (secondary N) is 1. The highest BCUT2D eigenvalue weighted by atomic mass is 16.5. The lowest BCUT2D eigenvalue weighted by Gasteiger charge is -2.36. The number of methoxy groups -OCH3 is 2. The largest absolute Gasteiger partial charge is 0.493 e. The molecule has 1 saturated heterocycles. The molecular formula is C23H26N4O9. The molecule has 0 unspecified atom stereocenters. The van der Waals surface area contributed by atoms with Gasteiger partial charge in [0.15, 0.2) is 17.3 Å². The van der Waals surface area contributed by atoms with Gasteiger partial charge in [-0.3, -0.25) is 9.69 Å². The van der Waals surface area contributed by atoms with E-state index in [1.54, 1.807) is 32.6 Å². The Morgan fingerprint density at radius 1 is 1.11 bits per heavy atom. The molecule has 0 aliphatic carbocycles. The highest BCUT2D eigenvalue weighted by molar-refractivity contribution is 6.27. The second kappa shape index (κ2) is 12.4. The molecule has 0 spiro atoms. The minimum absolute atomic E-state index is 0.00395. The van der Waals surface area contributed by atoms with E-state index in [4.69, 9.17) is 38.2 Å². The molecule has 13 nitrogen and oxygen atoms in total. The van der Waals surface area contributed by atoms with Gasteiger partial charge in [0.1, 0.15) is 0 Å². The lowest BCUT2D eigenvalue weighted by molar-refractivity contribution is -0.159. The fourth-order valence-corrected chi connectivity index (χ4v) is 3.40. The molecule has 36 heavy (non-hydrogen) atoms. The number of ether oxygens (including phenoxy) is 2. The highest BCUT2D eigenvalue weighted by Gasteiger charge is 2.33. The molecule has 0 saturated carbocycles. The number of aromatic nitrogens is 2.